The first-order chi connectivity index (χ1) is 10.6. The molecule has 1 saturated carbocycles. The van der Waals surface area contributed by atoms with Gasteiger partial charge in [-0.05, 0) is 37.8 Å². The Morgan fingerprint density at radius 1 is 1.41 bits per heavy atom. The second-order valence-electron chi connectivity index (χ2n) is 6.06. The van der Waals surface area contributed by atoms with Crippen LogP contribution in [-0.2, 0) is 4.79 Å². The first-order valence-electron chi connectivity index (χ1n) is 7.89. The molecule has 2 heterocycles. The summed E-state index contributed by atoms with van der Waals surface area (Å²) in [6.07, 6.45) is 2.62. The second kappa shape index (κ2) is 6.34. The number of hydrogen-bond donors (Lipinski definition) is 2. The fourth-order valence-electron chi connectivity index (χ4n) is 2.79. The average molecular weight is 302 g/mol. The predicted octanol–water partition coefficient (Wildman–Crippen LogP) is 1.37. The summed E-state index contributed by atoms with van der Waals surface area (Å²) in [5.74, 6) is 0.486. The molecule has 0 radical (unpaired) electrons. The summed E-state index contributed by atoms with van der Waals surface area (Å²) in [5.41, 5.74) is 1.89. The number of carbonyl (C=O) groups excluding carboxylic acids is 2. The highest BCUT2D eigenvalue weighted by Gasteiger charge is 2.35. The van der Waals surface area contributed by atoms with Gasteiger partial charge in [-0.1, -0.05) is 6.07 Å². The van der Waals surface area contributed by atoms with Crippen molar-refractivity contribution >= 4 is 11.9 Å². The maximum atomic E-state index is 12.5. The van der Waals surface area contributed by atoms with E-state index in [1.807, 2.05) is 25.1 Å². The van der Waals surface area contributed by atoms with Crippen LogP contribution in [0.15, 0.2) is 18.2 Å². The molecule has 0 spiro atoms. The van der Waals surface area contributed by atoms with Crippen LogP contribution in [0.5, 0.6) is 0 Å². The Balaban J connectivity index is 1.68. The third kappa shape index (κ3) is 3.55. The summed E-state index contributed by atoms with van der Waals surface area (Å²) < 4.78 is 0. The maximum absolute atomic E-state index is 12.5. The third-order valence-corrected chi connectivity index (χ3v) is 4.20. The molecular formula is C16H22N4O2. The Hall–Kier alpha value is -2.11. The van der Waals surface area contributed by atoms with Crippen LogP contribution in [0.3, 0.4) is 0 Å². The largest absolute Gasteiger partial charge is 0.354 e. The molecule has 0 aromatic carbocycles. The molecule has 0 bridgehead atoms. The normalized spacial score (nSPS) is 20.0. The van der Waals surface area contributed by atoms with Gasteiger partial charge in [0.1, 0.15) is 0 Å². The summed E-state index contributed by atoms with van der Waals surface area (Å²) in [6, 6.07) is 5.79. The Kier molecular flexibility index (Phi) is 4.27. The number of hydrogen-bond acceptors (Lipinski definition) is 3. The number of nitrogens with one attached hydrogen (secondary N) is 2. The number of amides is 3. The molecule has 1 aliphatic carbocycles. The van der Waals surface area contributed by atoms with Crippen LogP contribution in [0.1, 0.15) is 36.7 Å². The number of rotatable bonds is 3. The molecule has 1 saturated heterocycles. The molecule has 1 unspecified atom stereocenters. The van der Waals surface area contributed by atoms with E-state index in [4.69, 9.17) is 0 Å². The number of nitrogens with zero attached hydrogens (tertiary/aromatic N) is 2. The molecule has 1 aromatic rings. The summed E-state index contributed by atoms with van der Waals surface area (Å²) in [4.78, 5) is 30.2. The van der Waals surface area contributed by atoms with Crippen LogP contribution in [0.25, 0.3) is 0 Å². The van der Waals surface area contributed by atoms with Crippen molar-refractivity contribution in [2.75, 3.05) is 19.6 Å². The van der Waals surface area contributed by atoms with E-state index in [-0.39, 0.29) is 18.0 Å². The van der Waals surface area contributed by atoms with Crippen molar-refractivity contribution < 1.29 is 9.59 Å². The van der Waals surface area contributed by atoms with Gasteiger partial charge in [0.15, 0.2) is 0 Å². The van der Waals surface area contributed by atoms with Gasteiger partial charge in [-0.15, -0.1) is 0 Å². The molecule has 3 amide bonds. The summed E-state index contributed by atoms with van der Waals surface area (Å²) in [7, 11) is 0. The van der Waals surface area contributed by atoms with Crippen LogP contribution < -0.4 is 10.6 Å². The quantitative estimate of drug-likeness (QED) is 0.885. The Labute approximate surface area is 130 Å². The minimum absolute atomic E-state index is 0.00870. The predicted molar refractivity (Wildman–Crippen MR) is 82.2 cm³/mol. The number of aromatic nitrogens is 1. The van der Waals surface area contributed by atoms with E-state index >= 15 is 0 Å². The highest BCUT2D eigenvalue weighted by molar-refractivity contribution is 5.79. The molecule has 1 aliphatic heterocycles. The Morgan fingerprint density at radius 3 is 2.95 bits per heavy atom. The number of pyridine rings is 1. The number of carbonyl (C=O) groups is 2. The Bertz CT molecular complexity index is 571. The third-order valence-electron chi connectivity index (χ3n) is 4.20. The minimum Gasteiger partial charge on any atom is -0.354 e. The molecule has 6 heteroatoms. The van der Waals surface area contributed by atoms with Crippen molar-refractivity contribution in [1.29, 1.82) is 0 Å². The molecule has 118 valence electrons. The maximum Gasteiger partial charge on any atom is 0.318 e. The van der Waals surface area contributed by atoms with Crippen molar-refractivity contribution in [2.24, 2.45) is 5.92 Å². The molecule has 1 aromatic heterocycles. The lowest BCUT2D eigenvalue weighted by Crippen LogP contribution is -2.43. The molecule has 1 atom stereocenters. The van der Waals surface area contributed by atoms with Crippen molar-refractivity contribution in [2.45, 2.75) is 32.2 Å². The van der Waals surface area contributed by atoms with E-state index in [0.717, 1.165) is 24.2 Å². The fraction of sp³-hybridized carbons (Fsp3) is 0.562. The smallest absolute Gasteiger partial charge is 0.318 e. The first-order valence-corrected chi connectivity index (χ1v) is 7.89. The van der Waals surface area contributed by atoms with Crippen LogP contribution in [0, 0.1) is 12.8 Å². The molecule has 6 nitrogen and oxygen atoms in total. The molecule has 22 heavy (non-hydrogen) atoms. The van der Waals surface area contributed by atoms with Gasteiger partial charge in [0.25, 0.3) is 0 Å². The lowest BCUT2D eigenvalue weighted by molar-refractivity contribution is -0.120. The standard InChI is InChI=1S/C16H22N4O2/c1-11-3-2-4-13(18-11)15(12-5-6-12)19-16(22)20-9-7-14(21)17-8-10-20/h2-4,12,15H,5-10H2,1H3,(H,17,21)(H,19,22). The zero-order valence-electron chi connectivity index (χ0n) is 12.8. The van der Waals surface area contributed by atoms with Crippen LogP contribution in [0.2, 0.25) is 0 Å². The lowest BCUT2D eigenvalue weighted by Gasteiger charge is -2.25. The molecule has 3 rings (SSSR count). The van der Waals surface area contributed by atoms with Gasteiger partial charge in [-0.25, -0.2) is 4.79 Å². The van der Waals surface area contributed by atoms with E-state index in [2.05, 4.69) is 15.6 Å². The zero-order valence-corrected chi connectivity index (χ0v) is 12.8. The van der Waals surface area contributed by atoms with Crippen LogP contribution in [0.4, 0.5) is 4.79 Å². The average Bonchev–Trinajstić information content (AvgIpc) is 3.32. The monoisotopic (exact) mass is 302 g/mol. The van der Waals surface area contributed by atoms with Crippen LogP contribution in [-0.4, -0.2) is 41.5 Å². The van der Waals surface area contributed by atoms with Gasteiger partial charge in [0.2, 0.25) is 5.91 Å². The van der Waals surface area contributed by atoms with Crippen molar-refractivity contribution in [3.8, 4) is 0 Å². The van der Waals surface area contributed by atoms with Gasteiger partial charge in [0, 0.05) is 31.7 Å². The second-order valence-corrected chi connectivity index (χ2v) is 6.06. The lowest BCUT2D eigenvalue weighted by atomic mass is 10.1. The summed E-state index contributed by atoms with van der Waals surface area (Å²) in [6.45, 7) is 3.50. The molecule has 2 N–H and O–H groups in total. The number of aryl methyl sites for hydroxylation is 1. The number of urea groups is 1. The molecular weight excluding hydrogens is 280 g/mol. The van der Waals surface area contributed by atoms with E-state index in [1.54, 1.807) is 4.90 Å². The fourth-order valence-corrected chi connectivity index (χ4v) is 2.79. The van der Waals surface area contributed by atoms with E-state index < -0.39 is 0 Å². The highest BCUT2D eigenvalue weighted by atomic mass is 16.2. The SMILES string of the molecule is Cc1cccc(C(NC(=O)N2CCNC(=O)CC2)C2CC2)n1. The summed E-state index contributed by atoms with van der Waals surface area (Å²) >= 11 is 0. The van der Waals surface area contributed by atoms with Gasteiger partial charge < -0.3 is 15.5 Å². The van der Waals surface area contributed by atoms with Gasteiger partial charge in [-0.3, -0.25) is 9.78 Å². The minimum atomic E-state index is -0.100. The molecule has 2 fully saturated rings. The van der Waals surface area contributed by atoms with E-state index in [0.29, 0.717) is 32.0 Å². The molecule has 2 aliphatic rings. The van der Waals surface area contributed by atoms with Crippen LogP contribution >= 0.6 is 0 Å². The first kappa shape index (κ1) is 14.8. The summed E-state index contributed by atoms with van der Waals surface area (Å²) in [5, 5.41) is 5.90. The van der Waals surface area contributed by atoms with Gasteiger partial charge in [-0.2, -0.15) is 0 Å². The van der Waals surface area contributed by atoms with Gasteiger partial charge >= 0.3 is 6.03 Å². The van der Waals surface area contributed by atoms with Gasteiger partial charge in [0.05, 0.1) is 11.7 Å². The van der Waals surface area contributed by atoms with E-state index in [9.17, 15) is 9.59 Å². The topological polar surface area (TPSA) is 74.3 Å². The van der Waals surface area contributed by atoms with E-state index in [1.165, 1.54) is 0 Å². The Morgan fingerprint density at radius 2 is 2.23 bits per heavy atom. The zero-order chi connectivity index (χ0) is 15.5. The van der Waals surface area contributed by atoms with Crippen molar-refractivity contribution in [3.05, 3.63) is 29.6 Å². The van der Waals surface area contributed by atoms with Crippen molar-refractivity contribution in [3.63, 3.8) is 0 Å². The highest BCUT2D eigenvalue weighted by Crippen LogP contribution is 2.40. The van der Waals surface area contributed by atoms with Crippen molar-refractivity contribution in [1.82, 2.24) is 20.5 Å².